The first-order valence-electron chi connectivity index (χ1n) is 5.46. The fourth-order valence-corrected chi connectivity index (χ4v) is 2.76. The van der Waals surface area contributed by atoms with Crippen LogP contribution in [0.1, 0.15) is 34.2 Å². The first kappa shape index (κ1) is 11.5. The molecular weight excluding hydrogens is 222 g/mol. The first-order chi connectivity index (χ1) is 7.72. The SMILES string of the molecule is CCOC(=O)c1cc2c(nc1C)CCSC2. The van der Waals surface area contributed by atoms with Gasteiger partial charge in [0.25, 0.3) is 0 Å². The van der Waals surface area contributed by atoms with Gasteiger partial charge in [-0.1, -0.05) is 0 Å². The number of aromatic nitrogens is 1. The molecule has 0 unspecified atom stereocenters. The van der Waals surface area contributed by atoms with Crippen molar-refractivity contribution in [3.8, 4) is 0 Å². The lowest BCUT2D eigenvalue weighted by atomic mass is 10.1. The lowest BCUT2D eigenvalue weighted by Gasteiger charge is -2.16. The van der Waals surface area contributed by atoms with E-state index < -0.39 is 0 Å². The van der Waals surface area contributed by atoms with E-state index in [0.717, 1.165) is 29.3 Å². The molecule has 0 spiro atoms. The van der Waals surface area contributed by atoms with Gasteiger partial charge < -0.3 is 4.74 Å². The molecule has 1 aliphatic heterocycles. The molecular formula is C12H15NO2S. The van der Waals surface area contributed by atoms with E-state index in [-0.39, 0.29) is 5.97 Å². The summed E-state index contributed by atoms with van der Waals surface area (Å²) in [6.07, 6.45) is 1.00. The van der Waals surface area contributed by atoms with Gasteiger partial charge in [0.15, 0.2) is 0 Å². The third-order valence-corrected chi connectivity index (χ3v) is 3.63. The summed E-state index contributed by atoms with van der Waals surface area (Å²) in [5.41, 5.74) is 3.72. The molecule has 0 fully saturated rings. The van der Waals surface area contributed by atoms with Crippen LogP contribution >= 0.6 is 11.8 Å². The maximum absolute atomic E-state index is 11.7. The standard InChI is InChI=1S/C12H15NO2S/c1-3-15-12(14)10-6-9-7-16-5-4-11(9)13-8(10)2/h6H,3-5,7H2,1-2H3. The van der Waals surface area contributed by atoms with E-state index in [0.29, 0.717) is 12.2 Å². The van der Waals surface area contributed by atoms with Crippen LogP contribution in [-0.4, -0.2) is 23.3 Å². The Morgan fingerprint density at radius 3 is 3.19 bits per heavy atom. The van der Waals surface area contributed by atoms with Crippen LogP contribution in [-0.2, 0) is 16.9 Å². The number of hydrogen-bond donors (Lipinski definition) is 0. The highest BCUT2D eigenvalue weighted by molar-refractivity contribution is 7.98. The topological polar surface area (TPSA) is 39.2 Å². The van der Waals surface area contributed by atoms with Crippen LogP contribution in [0, 0.1) is 6.92 Å². The number of rotatable bonds is 2. The van der Waals surface area contributed by atoms with Crippen LogP contribution < -0.4 is 0 Å². The molecule has 0 N–H and O–H groups in total. The highest BCUT2D eigenvalue weighted by Crippen LogP contribution is 2.25. The minimum atomic E-state index is -0.258. The Balaban J connectivity index is 2.35. The number of carbonyl (C=O) groups is 1. The first-order valence-corrected chi connectivity index (χ1v) is 6.62. The summed E-state index contributed by atoms with van der Waals surface area (Å²) in [5, 5.41) is 0. The molecule has 0 aromatic carbocycles. The maximum atomic E-state index is 11.7. The minimum Gasteiger partial charge on any atom is -0.462 e. The molecule has 0 bridgehead atoms. The van der Waals surface area contributed by atoms with Gasteiger partial charge in [0.1, 0.15) is 0 Å². The van der Waals surface area contributed by atoms with Crippen molar-refractivity contribution in [2.24, 2.45) is 0 Å². The fourth-order valence-electron chi connectivity index (χ4n) is 1.80. The molecule has 16 heavy (non-hydrogen) atoms. The second-order valence-corrected chi connectivity index (χ2v) is 4.86. The van der Waals surface area contributed by atoms with E-state index in [4.69, 9.17) is 4.74 Å². The highest BCUT2D eigenvalue weighted by atomic mass is 32.2. The van der Waals surface area contributed by atoms with E-state index in [2.05, 4.69) is 4.98 Å². The van der Waals surface area contributed by atoms with Gasteiger partial charge in [0.05, 0.1) is 17.9 Å². The fraction of sp³-hybridized carbons (Fsp3) is 0.500. The normalized spacial score (nSPS) is 14.4. The second-order valence-electron chi connectivity index (χ2n) is 3.75. The summed E-state index contributed by atoms with van der Waals surface area (Å²) in [6, 6.07) is 1.95. The number of esters is 1. The van der Waals surface area contributed by atoms with E-state index in [1.54, 1.807) is 0 Å². The molecule has 1 aromatic rings. The highest BCUT2D eigenvalue weighted by Gasteiger charge is 2.17. The number of carbonyl (C=O) groups excluding carboxylic acids is 1. The Labute approximate surface area is 99.6 Å². The van der Waals surface area contributed by atoms with Crippen LogP contribution in [0.5, 0.6) is 0 Å². The number of thioether (sulfide) groups is 1. The number of fused-ring (bicyclic) bond motifs is 1. The van der Waals surface area contributed by atoms with Gasteiger partial charge in [-0.15, -0.1) is 0 Å². The van der Waals surface area contributed by atoms with Gasteiger partial charge in [-0.3, -0.25) is 4.98 Å². The lowest BCUT2D eigenvalue weighted by molar-refractivity contribution is 0.0525. The van der Waals surface area contributed by atoms with Crippen molar-refractivity contribution in [1.29, 1.82) is 0 Å². The van der Waals surface area contributed by atoms with Crippen molar-refractivity contribution in [2.75, 3.05) is 12.4 Å². The zero-order valence-corrected chi connectivity index (χ0v) is 10.4. The van der Waals surface area contributed by atoms with Crippen LogP contribution in [0.4, 0.5) is 0 Å². The van der Waals surface area contributed by atoms with Crippen molar-refractivity contribution in [2.45, 2.75) is 26.0 Å². The Morgan fingerprint density at radius 1 is 1.62 bits per heavy atom. The van der Waals surface area contributed by atoms with E-state index in [1.807, 2.05) is 31.7 Å². The number of hydrogen-bond acceptors (Lipinski definition) is 4. The number of nitrogens with zero attached hydrogens (tertiary/aromatic N) is 1. The molecule has 2 rings (SSSR count). The van der Waals surface area contributed by atoms with Gasteiger partial charge >= 0.3 is 5.97 Å². The molecule has 0 radical (unpaired) electrons. The Kier molecular flexibility index (Phi) is 3.49. The third-order valence-electron chi connectivity index (χ3n) is 2.62. The number of aryl methyl sites for hydroxylation is 2. The molecule has 4 heteroatoms. The summed E-state index contributed by atoms with van der Waals surface area (Å²) >= 11 is 1.89. The van der Waals surface area contributed by atoms with Gasteiger partial charge in [-0.25, -0.2) is 4.79 Å². The monoisotopic (exact) mass is 237 g/mol. The molecule has 86 valence electrons. The molecule has 0 aliphatic carbocycles. The van der Waals surface area contributed by atoms with Crippen molar-refractivity contribution >= 4 is 17.7 Å². The molecule has 1 aromatic heterocycles. The van der Waals surface area contributed by atoms with E-state index in [9.17, 15) is 4.79 Å². The molecule has 3 nitrogen and oxygen atoms in total. The minimum absolute atomic E-state index is 0.258. The predicted octanol–water partition coefficient (Wildman–Crippen LogP) is 2.36. The lowest BCUT2D eigenvalue weighted by Crippen LogP contribution is -2.13. The van der Waals surface area contributed by atoms with E-state index >= 15 is 0 Å². The van der Waals surface area contributed by atoms with Crippen molar-refractivity contribution in [3.05, 3.63) is 28.6 Å². The van der Waals surface area contributed by atoms with Crippen molar-refractivity contribution in [1.82, 2.24) is 4.98 Å². The molecule has 0 amide bonds. The third kappa shape index (κ3) is 2.21. The second kappa shape index (κ2) is 4.87. The Hall–Kier alpha value is -1.03. The quantitative estimate of drug-likeness (QED) is 0.740. The number of ether oxygens (including phenoxy) is 1. The molecule has 1 aliphatic rings. The molecule has 0 saturated heterocycles. The largest absolute Gasteiger partial charge is 0.462 e. The van der Waals surface area contributed by atoms with Gasteiger partial charge in [0.2, 0.25) is 0 Å². The molecule has 0 saturated carbocycles. The number of pyridine rings is 1. The molecule has 2 heterocycles. The van der Waals surface area contributed by atoms with E-state index in [1.165, 1.54) is 5.56 Å². The van der Waals surface area contributed by atoms with Gasteiger partial charge in [-0.05, 0) is 37.7 Å². The average molecular weight is 237 g/mol. The zero-order chi connectivity index (χ0) is 11.5. The van der Waals surface area contributed by atoms with Crippen molar-refractivity contribution in [3.63, 3.8) is 0 Å². The summed E-state index contributed by atoms with van der Waals surface area (Å²) < 4.78 is 5.01. The van der Waals surface area contributed by atoms with Crippen LogP contribution in [0.25, 0.3) is 0 Å². The summed E-state index contributed by atoms with van der Waals surface area (Å²) in [4.78, 5) is 16.2. The average Bonchev–Trinajstić information content (AvgIpc) is 2.28. The Morgan fingerprint density at radius 2 is 2.44 bits per heavy atom. The predicted molar refractivity (Wildman–Crippen MR) is 64.8 cm³/mol. The van der Waals surface area contributed by atoms with Crippen LogP contribution in [0.2, 0.25) is 0 Å². The van der Waals surface area contributed by atoms with Crippen LogP contribution in [0.3, 0.4) is 0 Å². The summed E-state index contributed by atoms with van der Waals surface area (Å²) in [5.74, 6) is 1.82. The smallest absolute Gasteiger partial charge is 0.339 e. The van der Waals surface area contributed by atoms with Gasteiger partial charge in [0, 0.05) is 11.4 Å². The molecule has 0 atom stereocenters. The van der Waals surface area contributed by atoms with Gasteiger partial charge in [-0.2, -0.15) is 11.8 Å². The summed E-state index contributed by atoms with van der Waals surface area (Å²) in [6.45, 7) is 4.09. The van der Waals surface area contributed by atoms with Crippen LogP contribution in [0.15, 0.2) is 6.07 Å². The summed E-state index contributed by atoms with van der Waals surface area (Å²) in [7, 11) is 0. The maximum Gasteiger partial charge on any atom is 0.339 e. The Bertz CT molecular complexity index is 418. The van der Waals surface area contributed by atoms with Crippen molar-refractivity contribution < 1.29 is 9.53 Å². The zero-order valence-electron chi connectivity index (χ0n) is 9.58.